The van der Waals surface area contributed by atoms with Crippen molar-refractivity contribution in [3.05, 3.63) is 71.9 Å². The Labute approximate surface area is 198 Å². The van der Waals surface area contributed by atoms with Crippen molar-refractivity contribution in [3.63, 3.8) is 0 Å². The predicted octanol–water partition coefficient (Wildman–Crippen LogP) is 4.74. The summed E-state index contributed by atoms with van der Waals surface area (Å²) < 4.78 is 0. The number of carboxylic acids is 1. The van der Waals surface area contributed by atoms with Crippen molar-refractivity contribution >= 4 is 34.4 Å². The number of nitrogens with zero attached hydrogens (tertiary/aromatic N) is 1. The van der Waals surface area contributed by atoms with Crippen LogP contribution in [-0.4, -0.2) is 33.4 Å². The number of hydrogen-bond acceptors (Lipinski definition) is 4. The largest absolute Gasteiger partial charge is 0.480 e. The Morgan fingerprint density at radius 3 is 2.32 bits per heavy atom. The molecule has 1 aliphatic carbocycles. The molecule has 2 aromatic carbocycles. The molecule has 1 fully saturated rings. The van der Waals surface area contributed by atoms with Crippen molar-refractivity contribution in [1.82, 2.24) is 10.3 Å². The third-order valence-electron chi connectivity index (χ3n) is 6.56. The molecule has 176 valence electrons. The van der Waals surface area contributed by atoms with Gasteiger partial charge in [-0.2, -0.15) is 0 Å². The maximum atomic E-state index is 12.7. The summed E-state index contributed by atoms with van der Waals surface area (Å²) in [6, 6.07) is 17.3. The molecule has 0 aliphatic heterocycles. The van der Waals surface area contributed by atoms with Crippen molar-refractivity contribution in [2.45, 2.75) is 51.0 Å². The highest BCUT2D eigenvalue weighted by Crippen LogP contribution is 2.36. The zero-order valence-corrected chi connectivity index (χ0v) is 19.4. The summed E-state index contributed by atoms with van der Waals surface area (Å²) in [5.41, 5.74) is 1.98. The zero-order chi connectivity index (χ0) is 24.3. The lowest BCUT2D eigenvalue weighted by atomic mass is 9.78. The number of para-hydroxylation sites is 1. The normalized spacial score (nSPS) is 18.3. The highest BCUT2D eigenvalue weighted by atomic mass is 16.4. The van der Waals surface area contributed by atoms with Crippen molar-refractivity contribution in [3.8, 4) is 0 Å². The molecule has 0 bridgehead atoms. The van der Waals surface area contributed by atoms with Crippen molar-refractivity contribution in [1.29, 1.82) is 0 Å². The van der Waals surface area contributed by atoms with Crippen LogP contribution in [0.4, 0.5) is 5.69 Å². The van der Waals surface area contributed by atoms with E-state index in [0.717, 1.165) is 36.6 Å². The molecule has 3 N–H and O–H groups in total. The minimum atomic E-state index is -1.27. The maximum Gasteiger partial charge on any atom is 0.328 e. The first kappa shape index (κ1) is 23.4. The average molecular weight is 460 g/mol. The van der Waals surface area contributed by atoms with Crippen LogP contribution in [0.2, 0.25) is 0 Å². The first-order valence-electron chi connectivity index (χ1n) is 11.5. The van der Waals surface area contributed by atoms with Crippen molar-refractivity contribution in [2.75, 3.05) is 5.32 Å². The van der Waals surface area contributed by atoms with Gasteiger partial charge in [0.15, 0.2) is 0 Å². The number of aliphatic carboxylic acids is 1. The Bertz CT molecular complexity index is 1210. The molecular formula is C27H29N3O4. The number of carbonyl (C=O) groups excluding carboxylic acids is 2. The summed E-state index contributed by atoms with van der Waals surface area (Å²) in [5, 5.41) is 15.7. The number of anilines is 1. The number of nitrogens with one attached hydrogen (secondary N) is 2. The topological polar surface area (TPSA) is 108 Å². The number of amides is 2. The Morgan fingerprint density at radius 2 is 1.65 bits per heavy atom. The van der Waals surface area contributed by atoms with Gasteiger partial charge in [-0.15, -0.1) is 0 Å². The second kappa shape index (κ2) is 9.63. The van der Waals surface area contributed by atoms with E-state index in [1.807, 2.05) is 54.6 Å². The number of benzene rings is 2. The molecule has 34 heavy (non-hydrogen) atoms. The van der Waals surface area contributed by atoms with Crippen LogP contribution in [0, 0.1) is 5.92 Å². The first-order chi connectivity index (χ1) is 16.2. The van der Waals surface area contributed by atoms with Crippen LogP contribution in [-0.2, 0) is 9.59 Å². The molecule has 1 aliphatic rings. The Balaban J connectivity index is 1.32. The van der Waals surface area contributed by atoms with Crippen LogP contribution in [0.15, 0.2) is 60.8 Å². The number of aromatic nitrogens is 1. The van der Waals surface area contributed by atoms with Gasteiger partial charge in [0.2, 0.25) is 5.91 Å². The minimum Gasteiger partial charge on any atom is -0.480 e. The van der Waals surface area contributed by atoms with Gasteiger partial charge >= 0.3 is 5.97 Å². The molecule has 0 spiro atoms. The zero-order valence-electron chi connectivity index (χ0n) is 19.4. The Kier molecular flexibility index (Phi) is 6.63. The fourth-order valence-electron chi connectivity index (χ4n) is 4.39. The summed E-state index contributed by atoms with van der Waals surface area (Å²) in [6.07, 6.45) is 4.75. The van der Waals surface area contributed by atoms with Gasteiger partial charge in [-0.1, -0.05) is 30.3 Å². The standard InChI is InChI=1S/C27H29N3O4/c1-27(2,26(33)34)30-25(32)19-9-7-17(8-10-19)18-11-13-22(14-12-18)29-24(31)21-15-20-5-3-4-6-23(20)28-16-21/h3-6,11-17,19H,7-10H2,1-2H3,(H,29,31)(H,30,32)(H,33,34)/t17-,19-. The summed E-state index contributed by atoms with van der Waals surface area (Å²) in [5.74, 6) is -1.26. The van der Waals surface area contributed by atoms with Gasteiger partial charge in [-0.3, -0.25) is 14.6 Å². The lowest BCUT2D eigenvalue weighted by Gasteiger charge is -2.30. The molecule has 1 saturated carbocycles. The van der Waals surface area contributed by atoms with E-state index in [-0.39, 0.29) is 17.7 Å². The average Bonchev–Trinajstić information content (AvgIpc) is 2.84. The molecular weight excluding hydrogens is 430 g/mol. The highest BCUT2D eigenvalue weighted by molar-refractivity contribution is 6.05. The molecule has 0 unspecified atom stereocenters. The number of hydrogen-bond donors (Lipinski definition) is 3. The number of carbonyl (C=O) groups is 3. The van der Waals surface area contributed by atoms with Crippen LogP contribution in [0.5, 0.6) is 0 Å². The molecule has 0 radical (unpaired) electrons. The van der Waals surface area contributed by atoms with E-state index >= 15 is 0 Å². The van der Waals surface area contributed by atoms with Crippen LogP contribution in [0.3, 0.4) is 0 Å². The second-order valence-electron chi connectivity index (χ2n) is 9.46. The van der Waals surface area contributed by atoms with Gasteiger partial charge in [0.25, 0.3) is 5.91 Å². The smallest absolute Gasteiger partial charge is 0.328 e. The Morgan fingerprint density at radius 1 is 0.971 bits per heavy atom. The minimum absolute atomic E-state index is 0.163. The molecule has 1 aromatic heterocycles. The summed E-state index contributed by atoms with van der Waals surface area (Å²) >= 11 is 0. The summed E-state index contributed by atoms with van der Waals surface area (Å²) in [6.45, 7) is 2.99. The third kappa shape index (κ3) is 5.25. The number of rotatable bonds is 6. The predicted molar refractivity (Wildman–Crippen MR) is 131 cm³/mol. The van der Waals surface area contributed by atoms with Gasteiger partial charge < -0.3 is 15.7 Å². The lowest BCUT2D eigenvalue weighted by Crippen LogP contribution is -2.51. The highest BCUT2D eigenvalue weighted by Gasteiger charge is 2.33. The summed E-state index contributed by atoms with van der Waals surface area (Å²) in [4.78, 5) is 40.7. The van der Waals surface area contributed by atoms with Crippen LogP contribution < -0.4 is 10.6 Å². The lowest BCUT2D eigenvalue weighted by molar-refractivity contribution is -0.146. The molecule has 3 aromatic rings. The van der Waals surface area contributed by atoms with E-state index in [4.69, 9.17) is 0 Å². The summed E-state index contributed by atoms with van der Waals surface area (Å²) in [7, 11) is 0. The molecule has 4 rings (SSSR count). The van der Waals surface area contributed by atoms with Gasteiger partial charge in [0.1, 0.15) is 5.54 Å². The molecule has 7 nitrogen and oxygen atoms in total. The van der Waals surface area contributed by atoms with Gasteiger partial charge in [0, 0.05) is 23.2 Å². The number of carboxylic acid groups (broad SMARTS) is 1. The maximum absolute atomic E-state index is 12.7. The molecule has 0 atom stereocenters. The van der Waals surface area contributed by atoms with E-state index in [0.29, 0.717) is 17.2 Å². The van der Waals surface area contributed by atoms with Gasteiger partial charge in [0.05, 0.1) is 11.1 Å². The van der Waals surface area contributed by atoms with Crippen LogP contribution >= 0.6 is 0 Å². The molecule has 1 heterocycles. The third-order valence-corrected chi connectivity index (χ3v) is 6.56. The Hall–Kier alpha value is -3.74. The first-order valence-corrected chi connectivity index (χ1v) is 11.5. The van der Waals surface area contributed by atoms with E-state index in [2.05, 4.69) is 15.6 Å². The molecule has 7 heteroatoms. The molecule has 2 amide bonds. The molecule has 0 saturated heterocycles. The van der Waals surface area contributed by atoms with E-state index in [1.54, 1.807) is 6.20 Å². The van der Waals surface area contributed by atoms with E-state index < -0.39 is 11.5 Å². The van der Waals surface area contributed by atoms with E-state index in [9.17, 15) is 19.5 Å². The van der Waals surface area contributed by atoms with Gasteiger partial charge in [-0.05, 0) is 75.3 Å². The fraction of sp³-hybridized carbons (Fsp3) is 0.333. The van der Waals surface area contributed by atoms with Crippen LogP contribution in [0.25, 0.3) is 10.9 Å². The number of pyridine rings is 1. The second-order valence-corrected chi connectivity index (χ2v) is 9.46. The fourth-order valence-corrected chi connectivity index (χ4v) is 4.39. The van der Waals surface area contributed by atoms with Gasteiger partial charge in [-0.25, -0.2) is 4.79 Å². The monoisotopic (exact) mass is 459 g/mol. The van der Waals surface area contributed by atoms with Crippen molar-refractivity contribution < 1.29 is 19.5 Å². The quantitative estimate of drug-likeness (QED) is 0.493. The number of fused-ring (bicyclic) bond motifs is 1. The SMILES string of the molecule is CC(C)(NC(=O)[C@H]1CC[C@H](c2ccc(NC(=O)c3cnc4ccccc4c3)cc2)CC1)C(=O)O. The van der Waals surface area contributed by atoms with E-state index in [1.165, 1.54) is 19.4 Å². The van der Waals surface area contributed by atoms with Crippen LogP contribution in [0.1, 0.15) is 61.4 Å². The van der Waals surface area contributed by atoms with Crippen molar-refractivity contribution in [2.24, 2.45) is 5.92 Å².